The minimum atomic E-state index is -8.64. The molecule has 204 valence electrons. The van der Waals surface area contributed by atoms with Gasteiger partial charge in [-0.25, -0.2) is 0 Å². The van der Waals surface area contributed by atoms with Gasteiger partial charge in [0.15, 0.2) is 0 Å². The Kier molecular flexibility index (Phi) is 7.82. The average Bonchev–Trinajstić information content (AvgIpc) is 2.70. The zero-order valence-corrected chi connectivity index (χ0v) is 16.5. The predicted octanol–water partition coefficient (Wildman–Crippen LogP) is 7.77. The van der Waals surface area contributed by atoms with Gasteiger partial charge >= 0.3 is 47.6 Å². The zero-order valence-electron chi connectivity index (χ0n) is 16.5. The molecule has 0 amide bonds. The number of halogens is 17. The number of methoxy groups -OCH3 is 1. The van der Waals surface area contributed by atoms with Crippen molar-refractivity contribution in [3.05, 3.63) is 35.9 Å². The van der Waals surface area contributed by atoms with Gasteiger partial charge < -0.3 is 4.74 Å². The van der Waals surface area contributed by atoms with Crippen LogP contribution in [0.1, 0.15) is 18.1 Å². The van der Waals surface area contributed by atoms with Gasteiger partial charge in [0.1, 0.15) is 0 Å². The molecule has 0 aromatic heterocycles. The van der Waals surface area contributed by atoms with Crippen molar-refractivity contribution in [2.75, 3.05) is 7.11 Å². The molecule has 0 spiro atoms. The van der Waals surface area contributed by atoms with Gasteiger partial charge in [0.2, 0.25) is 0 Å². The Bertz CT molecular complexity index is 859. The smallest absolute Gasteiger partial charge is 0.377 e. The van der Waals surface area contributed by atoms with Crippen LogP contribution < -0.4 is 0 Å². The van der Waals surface area contributed by atoms with Gasteiger partial charge in [0.05, 0.1) is 6.10 Å². The molecule has 1 atom stereocenters. The molecule has 0 radical (unpaired) electrons. The summed E-state index contributed by atoms with van der Waals surface area (Å²) in [6.07, 6.45) is -12.8. The summed E-state index contributed by atoms with van der Waals surface area (Å²) in [6, 6.07) is 5.14. The second-order valence-electron chi connectivity index (χ2n) is 6.99. The lowest BCUT2D eigenvalue weighted by atomic mass is 9.87. The summed E-state index contributed by atoms with van der Waals surface area (Å²) in [7, 11) is 0.534. The maximum atomic E-state index is 14.1. The Morgan fingerprint density at radius 2 is 0.886 bits per heavy atom. The topological polar surface area (TPSA) is 9.23 Å². The van der Waals surface area contributed by atoms with Crippen molar-refractivity contribution in [1.82, 2.24) is 0 Å². The highest BCUT2D eigenvalue weighted by atomic mass is 19.4. The Morgan fingerprint density at radius 1 is 0.543 bits per heavy atom. The number of ether oxygens (including phenoxy) is 1. The standard InChI is InChI=1S/C17H11F17O/c1-35-9(8-5-3-2-4-6-8)7-10(18,19)11(20,21)12(22,23)13(24,25)14(26,27)15(28,29)16(30,31)17(32,33)34/h2-6,9H,7H2,1H3. The molecular weight excluding hydrogens is 543 g/mol. The van der Waals surface area contributed by atoms with Gasteiger partial charge in [-0.15, -0.1) is 0 Å². The van der Waals surface area contributed by atoms with Crippen molar-refractivity contribution in [3.8, 4) is 0 Å². The highest BCUT2D eigenvalue weighted by Crippen LogP contribution is 2.64. The SMILES string of the molecule is COC(CC(F)(F)C(F)(F)C(F)(F)C(F)(F)C(F)(F)C(F)(F)C(F)(F)C(F)(F)F)c1ccccc1. The normalized spacial score (nSPS) is 16.4. The van der Waals surface area contributed by atoms with Crippen LogP contribution in [0.3, 0.4) is 0 Å². The summed E-state index contributed by atoms with van der Waals surface area (Å²) in [5.74, 6) is -56.4. The summed E-state index contributed by atoms with van der Waals surface area (Å²) >= 11 is 0. The predicted molar refractivity (Wildman–Crippen MR) is 81.5 cm³/mol. The molecular formula is C17H11F17O. The van der Waals surface area contributed by atoms with Crippen LogP contribution in [0.4, 0.5) is 74.6 Å². The molecule has 18 heteroatoms. The van der Waals surface area contributed by atoms with Crippen LogP contribution in [-0.4, -0.2) is 54.7 Å². The van der Waals surface area contributed by atoms with Crippen molar-refractivity contribution in [1.29, 1.82) is 0 Å². The maximum Gasteiger partial charge on any atom is 0.460 e. The molecule has 0 saturated heterocycles. The molecule has 0 aliphatic heterocycles. The third-order valence-electron chi connectivity index (χ3n) is 4.68. The van der Waals surface area contributed by atoms with E-state index in [0.29, 0.717) is 7.11 Å². The monoisotopic (exact) mass is 554 g/mol. The minimum absolute atomic E-state index is 0.470. The number of benzene rings is 1. The fraction of sp³-hybridized carbons (Fsp3) is 0.647. The maximum absolute atomic E-state index is 14.1. The third kappa shape index (κ3) is 4.50. The Balaban J connectivity index is 3.57. The van der Waals surface area contributed by atoms with Gasteiger partial charge in [-0.2, -0.15) is 74.6 Å². The number of hydrogen-bond donors (Lipinski definition) is 0. The molecule has 0 heterocycles. The molecule has 1 aromatic carbocycles. The lowest BCUT2D eigenvalue weighted by Crippen LogP contribution is -2.74. The first-order valence-electron chi connectivity index (χ1n) is 8.57. The summed E-state index contributed by atoms with van der Waals surface area (Å²) in [4.78, 5) is 0. The molecule has 0 bridgehead atoms. The van der Waals surface area contributed by atoms with E-state index in [-0.39, 0.29) is 0 Å². The van der Waals surface area contributed by atoms with E-state index in [1.54, 1.807) is 0 Å². The quantitative estimate of drug-likeness (QED) is 0.269. The molecule has 0 saturated carbocycles. The fourth-order valence-electron chi connectivity index (χ4n) is 2.56. The summed E-state index contributed by atoms with van der Waals surface area (Å²) in [5.41, 5.74) is -0.470. The fourth-order valence-corrected chi connectivity index (χ4v) is 2.56. The van der Waals surface area contributed by atoms with Crippen molar-refractivity contribution in [2.45, 2.75) is 60.2 Å². The summed E-state index contributed by atoms with van der Waals surface area (Å²) < 4.78 is 230. The largest absolute Gasteiger partial charge is 0.460 e. The van der Waals surface area contributed by atoms with E-state index < -0.39 is 65.7 Å². The van der Waals surface area contributed by atoms with Crippen LogP contribution in [0.5, 0.6) is 0 Å². The second kappa shape index (κ2) is 8.83. The van der Waals surface area contributed by atoms with Gasteiger partial charge in [0, 0.05) is 13.5 Å². The van der Waals surface area contributed by atoms with E-state index in [1.807, 2.05) is 0 Å². The van der Waals surface area contributed by atoms with Gasteiger partial charge in [-0.3, -0.25) is 0 Å². The molecule has 0 aliphatic rings. The Morgan fingerprint density at radius 3 is 1.23 bits per heavy atom. The molecule has 1 unspecified atom stereocenters. The Hall–Kier alpha value is -2.01. The number of alkyl halides is 17. The first kappa shape index (κ1) is 31.0. The third-order valence-corrected chi connectivity index (χ3v) is 4.68. The molecule has 1 nitrogen and oxygen atoms in total. The molecule has 35 heavy (non-hydrogen) atoms. The van der Waals surface area contributed by atoms with Crippen LogP contribution in [-0.2, 0) is 4.74 Å². The van der Waals surface area contributed by atoms with Crippen molar-refractivity contribution in [3.63, 3.8) is 0 Å². The summed E-state index contributed by atoms with van der Waals surface area (Å²) in [6.45, 7) is 0. The van der Waals surface area contributed by atoms with E-state index >= 15 is 0 Å². The summed E-state index contributed by atoms with van der Waals surface area (Å²) in [5, 5.41) is 0. The van der Waals surface area contributed by atoms with E-state index in [0.717, 1.165) is 24.3 Å². The van der Waals surface area contributed by atoms with Crippen LogP contribution in [0.15, 0.2) is 30.3 Å². The minimum Gasteiger partial charge on any atom is -0.377 e. The van der Waals surface area contributed by atoms with Gasteiger partial charge in [0.25, 0.3) is 0 Å². The first-order chi connectivity index (χ1) is 15.3. The second-order valence-corrected chi connectivity index (χ2v) is 6.99. The van der Waals surface area contributed by atoms with Crippen LogP contribution in [0.25, 0.3) is 0 Å². The van der Waals surface area contributed by atoms with E-state index in [2.05, 4.69) is 4.74 Å². The number of rotatable bonds is 10. The molecule has 1 aromatic rings. The highest BCUT2D eigenvalue weighted by molar-refractivity contribution is 5.20. The lowest BCUT2D eigenvalue weighted by Gasteiger charge is -2.43. The first-order valence-corrected chi connectivity index (χ1v) is 8.57. The van der Waals surface area contributed by atoms with Gasteiger partial charge in [-0.1, -0.05) is 30.3 Å². The van der Waals surface area contributed by atoms with Crippen molar-refractivity contribution < 1.29 is 79.4 Å². The van der Waals surface area contributed by atoms with Crippen LogP contribution in [0, 0.1) is 0 Å². The van der Waals surface area contributed by atoms with Crippen LogP contribution >= 0.6 is 0 Å². The molecule has 0 N–H and O–H groups in total. The van der Waals surface area contributed by atoms with E-state index in [1.165, 1.54) is 6.07 Å². The molecule has 0 fully saturated rings. The highest BCUT2D eigenvalue weighted by Gasteiger charge is 2.95. The molecule has 1 rings (SSSR count). The van der Waals surface area contributed by atoms with E-state index in [4.69, 9.17) is 0 Å². The Labute approximate surface area is 183 Å². The van der Waals surface area contributed by atoms with Gasteiger partial charge in [-0.05, 0) is 5.56 Å². The average molecular weight is 554 g/mol. The van der Waals surface area contributed by atoms with Crippen molar-refractivity contribution in [2.24, 2.45) is 0 Å². The van der Waals surface area contributed by atoms with E-state index in [9.17, 15) is 74.6 Å². The molecule has 0 aliphatic carbocycles. The number of hydrogen-bond acceptors (Lipinski definition) is 1. The van der Waals surface area contributed by atoms with Crippen LogP contribution in [0.2, 0.25) is 0 Å². The zero-order chi connectivity index (χ0) is 28.1. The lowest BCUT2D eigenvalue weighted by molar-refractivity contribution is -0.462. The van der Waals surface area contributed by atoms with Crippen molar-refractivity contribution >= 4 is 0 Å².